The molecule has 142 valence electrons. The molecule has 2 aromatic carbocycles. The molecule has 3 rings (SSSR count). The Bertz CT molecular complexity index is 816. The van der Waals surface area contributed by atoms with Gasteiger partial charge in [-0.1, -0.05) is 34.1 Å². The van der Waals surface area contributed by atoms with Gasteiger partial charge in [0.05, 0.1) is 0 Å². The number of nitrogens with one attached hydrogen (secondary N) is 1. The number of aryl methyl sites for hydroxylation is 2. The van der Waals surface area contributed by atoms with Gasteiger partial charge in [-0.15, -0.1) is 0 Å². The minimum Gasteiger partial charge on any atom is -0.337 e. The number of carbonyl (C=O) groups is 2. The summed E-state index contributed by atoms with van der Waals surface area (Å²) < 4.78 is 1.00. The van der Waals surface area contributed by atoms with Gasteiger partial charge >= 0.3 is 6.03 Å². The largest absolute Gasteiger partial charge is 0.337 e. The average Bonchev–Trinajstić information content (AvgIpc) is 2.91. The monoisotopic (exact) mass is 429 g/mol. The molecule has 1 aliphatic heterocycles. The van der Waals surface area contributed by atoms with Crippen molar-refractivity contribution < 1.29 is 9.59 Å². The number of urea groups is 1. The molecule has 0 saturated carbocycles. The third-order valence-electron chi connectivity index (χ3n) is 4.82. The molecule has 1 fully saturated rings. The fourth-order valence-corrected chi connectivity index (χ4v) is 4.07. The molecule has 0 spiro atoms. The lowest BCUT2D eigenvalue weighted by atomic mass is 10.1. The zero-order chi connectivity index (χ0) is 19.4. The van der Waals surface area contributed by atoms with Gasteiger partial charge in [-0.25, -0.2) is 4.79 Å². The van der Waals surface area contributed by atoms with Crippen LogP contribution >= 0.6 is 15.9 Å². The van der Waals surface area contributed by atoms with Crippen LogP contribution in [0.15, 0.2) is 46.9 Å². The Hall–Kier alpha value is -2.34. The molecule has 0 aromatic heterocycles. The van der Waals surface area contributed by atoms with E-state index in [-0.39, 0.29) is 11.9 Å². The van der Waals surface area contributed by atoms with Gasteiger partial charge in [-0.05, 0) is 55.7 Å². The van der Waals surface area contributed by atoms with Crippen LogP contribution in [0.1, 0.15) is 27.9 Å². The van der Waals surface area contributed by atoms with Gasteiger partial charge in [0.15, 0.2) is 0 Å². The minimum absolute atomic E-state index is 0.0254. The van der Waals surface area contributed by atoms with Crippen LogP contribution in [-0.4, -0.2) is 47.9 Å². The van der Waals surface area contributed by atoms with Crippen molar-refractivity contribution in [1.82, 2.24) is 9.80 Å². The standard InChI is InChI=1S/C21H24BrN3O2/c1-15-13-18(22)14-16(2)19(15)23-21(27)25-10-6-9-24(11-12-25)20(26)17-7-4-3-5-8-17/h3-5,7-8,13-14H,6,9-12H2,1-2H3,(H,23,27). The number of benzene rings is 2. The van der Waals surface area contributed by atoms with Crippen molar-refractivity contribution in [2.75, 3.05) is 31.5 Å². The second-order valence-electron chi connectivity index (χ2n) is 6.84. The second-order valence-corrected chi connectivity index (χ2v) is 7.76. The molecule has 0 unspecified atom stereocenters. The van der Waals surface area contributed by atoms with E-state index < -0.39 is 0 Å². The molecule has 2 aromatic rings. The summed E-state index contributed by atoms with van der Waals surface area (Å²) in [6, 6.07) is 13.2. The summed E-state index contributed by atoms with van der Waals surface area (Å²) in [4.78, 5) is 29.0. The van der Waals surface area contributed by atoms with Gasteiger partial charge < -0.3 is 15.1 Å². The molecule has 1 N–H and O–H groups in total. The highest BCUT2D eigenvalue weighted by Gasteiger charge is 2.23. The number of nitrogens with zero attached hydrogens (tertiary/aromatic N) is 2. The number of amides is 3. The lowest BCUT2D eigenvalue weighted by molar-refractivity contribution is 0.0762. The van der Waals surface area contributed by atoms with E-state index in [4.69, 9.17) is 0 Å². The van der Waals surface area contributed by atoms with Crippen molar-refractivity contribution in [2.45, 2.75) is 20.3 Å². The summed E-state index contributed by atoms with van der Waals surface area (Å²) in [5.41, 5.74) is 3.58. The van der Waals surface area contributed by atoms with E-state index in [2.05, 4.69) is 21.2 Å². The van der Waals surface area contributed by atoms with Crippen LogP contribution in [0.25, 0.3) is 0 Å². The summed E-state index contributed by atoms with van der Waals surface area (Å²) in [6.45, 7) is 6.33. The smallest absolute Gasteiger partial charge is 0.321 e. The molecule has 3 amide bonds. The maximum atomic E-state index is 12.8. The van der Waals surface area contributed by atoms with Crippen LogP contribution in [0.4, 0.5) is 10.5 Å². The summed E-state index contributed by atoms with van der Waals surface area (Å²) >= 11 is 3.48. The zero-order valence-electron chi connectivity index (χ0n) is 15.7. The first kappa shape index (κ1) is 19.4. The van der Waals surface area contributed by atoms with Crippen molar-refractivity contribution in [2.24, 2.45) is 0 Å². The number of carbonyl (C=O) groups excluding carboxylic acids is 2. The van der Waals surface area contributed by atoms with Crippen LogP contribution in [0.2, 0.25) is 0 Å². The SMILES string of the molecule is Cc1cc(Br)cc(C)c1NC(=O)N1CCCN(C(=O)c2ccccc2)CC1. The fraction of sp³-hybridized carbons (Fsp3) is 0.333. The maximum Gasteiger partial charge on any atom is 0.321 e. The van der Waals surface area contributed by atoms with Gasteiger partial charge in [-0.3, -0.25) is 4.79 Å². The first-order valence-corrected chi connectivity index (χ1v) is 9.92. The highest BCUT2D eigenvalue weighted by atomic mass is 79.9. The number of hydrogen-bond acceptors (Lipinski definition) is 2. The summed E-state index contributed by atoms with van der Waals surface area (Å²) in [5, 5.41) is 3.04. The van der Waals surface area contributed by atoms with Gasteiger partial charge in [0.25, 0.3) is 5.91 Å². The summed E-state index contributed by atoms with van der Waals surface area (Å²) in [6.07, 6.45) is 0.768. The van der Waals surface area contributed by atoms with Crippen molar-refractivity contribution in [3.05, 3.63) is 63.6 Å². The first-order chi connectivity index (χ1) is 13.0. The van der Waals surface area contributed by atoms with Crippen molar-refractivity contribution >= 4 is 33.6 Å². The fourth-order valence-electron chi connectivity index (χ4n) is 3.38. The average molecular weight is 430 g/mol. The number of anilines is 1. The molecule has 0 radical (unpaired) electrons. The summed E-state index contributed by atoms with van der Waals surface area (Å²) in [7, 11) is 0. The quantitative estimate of drug-likeness (QED) is 0.766. The van der Waals surface area contributed by atoms with E-state index in [9.17, 15) is 9.59 Å². The summed E-state index contributed by atoms with van der Waals surface area (Å²) in [5.74, 6) is 0.0254. The first-order valence-electron chi connectivity index (χ1n) is 9.12. The van der Waals surface area contributed by atoms with Crippen LogP contribution < -0.4 is 5.32 Å². The van der Waals surface area contributed by atoms with Crippen molar-refractivity contribution in [3.63, 3.8) is 0 Å². The lowest BCUT2D eigenvalue weighted by Crippen LogP contribution is -2.39. The van der Waals surface area contributed by atoms with E-state index in [0.29, 0.717) is 31.7 Å². The van der Waals surface area contributed by atoms with Crippen molar-refractivity contribution in [3.8, 4) is 0 Å². The molecule has 5 nitrogen and oxygen atoms in total. The van der Waals surface area contributed by atoms with E-state index in [1.807, 2.05) is 61.2 Å². The number of hydrogen-bond donors (Lipinski definition) is 1. The highest BCUT2D eigenvalue weighted by Crippen LogP contribution is 2.25. The highest BCUT2D eigenvalue weighted by molar-refractivity contribution is 9.10. The molecular formula is C21H24BrN3O2. The molecule has 1 heterocycles. The minimum atomic E-state index is -0.113. The predicted octanol–water partition coefficient (Wildman–Crippen LogP) is 4.45. The predicted molar refractivity (Wildman–Crippen MR) is 111 cm³/mol. The van der Waals surface area contributed by atoms with Crippen LogP contribution in [0.5, 0.6) is 0 Å². The third-order valence-corrected chi connectivity index (χ3v) is 5.28. The molecule has 1 aliphatic rings. The van der Waals surface area contributed by atoms with Gasteiger partial charge in [0.1, 0.15) is 0 Å². The van der Waals surface area contributed by atoms with Gasteiger partial charge in [0, 0.05) is 41.9 Å². The number of rotatable bonds is 2. The van der Waals surface area contributed by atoms with E-state index in [1.165, 1.54) is 0 Å². The van der Waals surface area contributed by atoms with Crippen molar-refractivity contribution in [1.29, 1.82) is 0 Å². The van der Waals surface area contributed by atoms with E-state index in [0.717, 1.165) is 27.7 Å². The van der Waals surface area contributed by atoms with E-state index in [1.54, 1.807) is 4.90 Å². The number of halogens is 1. The lowest BCUT2D eigenvalue weighted by Gasteiger charge is -2.23. The van der Waals surface area contributed by atoms with E-state index >= 15 is 0 Å². The molecular weight excluding hydrogens is 406 g/mol. The second kappa shape index (κ2) is 8.57. The Morgan fingerprint density at radius 1 is 0.926 bits per heavy atom. The Balaban J connectivity index is 1.64. The van der Waals surface area contributed by atoms with Gasteiger partial charge in [0.2, 0.25) is 0 Å². The maximum absolute atomic E-state index is 12.8. The third kappa shape index (κ3) is 4.69. The Morgan fingerprint density at radius 2 is 1.52 bits per heavy atom. The normalized spacial score (nSPS) is 14.6. The van der Waals surface area contributed by atoms with Crippen LogP contribution in [0, 0.1) is 13.8 Å². The Labute approximate surface area is 168 Å². The Morgan fingerprint density at radius 3 is 2.19 bits per heavy atom. The molecule has 6 heteroatoms. The Kier molecular flexibility index (Phi) is 6.16. The van der Waals surface area contributed by atoms with Gasteiger partial charge in [-0.2, -0.15) is 0 Å². The molecule has 27 heavy (non-hydrogen) atoms. The topological polar surface area (TPSA) is 52.7 Å². The molecule has 0 bridgehead atoms. The zero-order valence-corrected chi connectivity index (χ0v) is 17.3. The van der Waals surface area contributed by atoms with Crippen LogP contribution in [0.3, 0.4) is 0 Å². The molecule has 0 atom stereocenters. The molecule has 1 saturated heterocycles. The van der Waals surface area contributed by atoms with Crippen LogP contribution in [-0.2, 0) is 0 Å². The molecule has 0 aliphatic carbocycles.